The number of nitrogens with one attached hydrogen (secondary N) is 1. The maximum absolute atomic E-state index is 11.6. The summed E-state index contributed by atoms with van der Waals surface area (Å²) in [6, 6.07) is 7.37. The molecule has 1 aromatic carbocycles. The molecule has 0 aliphatic rings. The van der Waals surface area contributed by atoms with Crippen LogP contribution in [0.2, 0.25) is 0 Å². The standard InChI is InChI=1S/C13H10N4O/c1-2-3-12(16)13(18)17-11-5-4-9(7-14)10(6-11)8-15/h1,4-6,12H,3,16H2,(H,17,18). The number of carbonyl (C=O) groups excluding carboxylic acids is 1. The van der Waals surface area contributed by atoms with Crippen LogP contribution in [-0.4, -0.2) is 11.9 Å². The number of hydrogen-bond donors (Lipinski definition) is 2. The number of nitrogens with two attached hydrogens (primary N) is 1. The molecule has 0 saturated carbocycles. The quantitative estimate of drug-likeness (QED) is 0.757. The first-order chi connectivity index (χ1) is 8.62. The van der Waals surface area contributed by atoms with Gasteiger partial charge in [-0.3, -0.25) is 4.79 Å². The average Bonchev–Trinajstić information content (AvgIpc) is 2.38. The Kier molecular flexibility index (Phi) is 4.46. The van der Waals surface area contributed by atoms with Gasteiger partial charge < -0.3 is 11.1 Å². The number of hydrogen-bond acceptors (Lipinski definition) is 4. The number of benzene rings is 1. The average molecular weight is 238 g/mol. The van der Waals surface area contributed by atoms with Crippen molar-refractivity contribution >= 4 is 11.6 Å². The molecule has 0 spiro atoms. The Morgan fingerprint density at radius 2 is 2.06 bits per heavy atom. The molecule has 0 aliphatic heterocycles. The first-order valence-corrected chi connectivity index (χ1v) is 5.06. The molecular formula is C13H10N4O. The molecule has 0 aliphatic carbocycles. The van der Waals surface area contributed by atoms with Crippen LogP contribution in [0.15, 0.2) is 18.2 Å². The maximum Gasteiger partial charge on any atom is 0.242 e. The van der Waals surface area contributed by atoms with E-state index in [1.54, 1.807) is 0 Å². The Labute approximate surface area is 105 Å². The van der Waals surface area contributed by atoms with Crippen LogP contribution in [0.1, 0.15) is 17.5 Å². The van der Waals surface area contributed by atoms with Crippen molar-refractivity contribution in [1.29, 1.82) is 10.5 Å². The summed E-state index contributed by atoms with van der Waals surface area (Å²) in [6.45, 7) is 0. The van der Waals surface area contributed by atoms with Crippen LogP contribution in [0.25, 0.3) is 0 Å². The largest absolute Gasteiger partial charge is 0.325 e. The minimum atomic E-state index is -0.795. The van der Waals surface area contributed by atoms with E-state index >= 15 is 0 Å². The van der Waals surface area contributed by atoms with Crippen molar-refractivity contribution in [2.45, 2.75) is 12.5 Å². The van der Waals surface area contributed by atoms with E-state index in [1.165, 1.54) is 18.2 Å². The molecule has 5 nitrogen and oxygen atoms in total. The van der Waals surface area contributed by atoms with E-state index in [0.29, 0.717) is 5.69 Å². The molecule has 1 atom stereocenters. The number of rotatable bonds is 3. The molecule has 0 bridgehead atoms. The predicted octanol–water partition coefficient (Wildman–Crippen LogP) is 0.719. The van der Waals surface area contributed by atoms with Gasteiger partial charge in [-0.05, 0) is 18.2 Å². The molecule has 1 amide bonds. The van der Waals surface area contributed by atoms with Gasteiger partial charge in [0.1, 0.15) is 12.1 Å². The molecule has 88 valence electrons. The van der Waals surface area contributed by atoms with E-state index in [9.17, 15) is 4.79 Å². The molecule has 1 rings (SSSR count). The van der Waals surface area contributed by atoms with Gasteiger partial charge in [0.05, 0.1) is 17.2 Å². The van der Waals surface area contributed by atoms with Gasteiger partial charge in [-0.15, -0.1) is 12.3 Å². The number of terminal acetylenes is 1. The van der Waals surface area contributed by atoms with Crippen molar-refractivity contribution in [3.05, 3.63) is 29.3 Å². The Morgan fingerprint density at radius 3 is 2.61 bits per heavy atom. The Balaban J connectivity index is 2.88. The second-order valence-corrected chi connectivity index (χ2v) is 3.49. The summed E-state index contributed by atoms with van der Waals surface area (Å²) in [7, 11) is 0. The van der Waals surface area contributed by atoms with Crippen molar-refractivity contribution in [1.82, 2.24) is 0 Å². The Morgan fingerprint density at radius 1 is 1.39 bits per heavy atom. The lowest BCUT2D eigenvalue weighted by atomic mass is 10.1. The number of nitrogens with zero attached hydrogens (tertiary/aromatic N) is 2. The maximum atomic E-state index is 11.6. The summed E-state index contributed by atoms with van der Waals surface area (Å²) in [5.74, 6) is 1.86. The minimum absolute atomic E-state index is 0.132. The van der Waals surface area contributed by atoms with Crippen LogP contribution in [0.3, 0.4) is 0 Å². The lowest BCUT2D eigenvalue weighted by Gasteiger charge is -2.10. The molecule has 0 heterocycles. The zero-order chi connectivity index (χ0) is 13.5. The van der Waals surface area contributed by atoms with E-state index in [-0.39, 0.29) is 17.5 Å². The highest BCUT2D eigenvalue weighted by atomic mass is 16.2. The summed E-state index contributed by atoms with van der Waals surface area (Å²) in [4.78, 5) is 11.6. The van der Waals surface area contributed by atoms with Gasteiger partial charge in [0, 0.05) is 12.1 Å². The fourth-order valence-corrected chi connectivity index (χ4v) is 1.27. The lowest BCUT2D eigenvalue weighted by Crippen LogP contribution is -2.35. The Hall–Kier alpha value is -2.81. The van der Waals surface area contributed by atoms with E-state index in [1.807, 2.05) is 12.1 Å². The zero-order valence-electron chi connectivity index (χ0n) is 9.47. The fraction of sp³-hybridized carbons (Fsp3) is 0.154. The first kappa shape index (κ1) is 13.3. The molecule has 1 aromatic rings. The summed E-state index contributed by atoms with van der Waals surface area (Å²) in [5.41, 5.74) is 6.38. The van der Waals surface area contributed by atoms with E-state index in [0.717, 1.165) is 0 Å². The molecule has 0 radical (unpaired) electrons. The van der Waals surface area contributed by atoms with Crippen LogP contribution in [0.4, 0.5) is 5.69 Å². The molecule has 0 saturated heterocycles. The number of amides is 1. The summed E-state index contributed by atoms with van der Waals surface area (Å²) in [6.07, 6.45) is 5.19. The van der Waals surface area contributed by atoms with Crippen LogP contribution >= 0.6 is 0 Å². The monoisotopic (exact) mass is 238 g/mol. The zero-order valence-corrected chi connectivity index (χ0v) is 9.47. The minimum Gasteiger partial charge on any atom is -0.325 e. The van der Waals surface area contributed by atoms with Gasteiger partial charge in [-0.1, -0.05) is 0 Å². The van der Waals surface area contributed by atoms with Gasteiger partial charge >= 0.3 is 0 Å². The third kappa shape index (κ3) is 3.09. The highest BCUT2D eigenvalue weighted by Gasteiger charge is 2.12. The summed E-state index contributed by atoms with van der Waals surface area (Å²) < 4.78 is 0. The molecule has 5 heteroatoms. The SMILES string of the molecule is C#CCC(N)C(=O)Nc1ccc(C#N)c(C#N)c1. The topological polar surface area (TPSA) is 103 Å². The van der Waals surface area contributed by atoms with Crippen LogP contribution in [0.5, 0.6) is 0 Å². The molecular weight excluding hydrogens is 228 g/mol. The second kappa shape index (κ2) is 6.06. The van der Waals surface area contributed by atoms with Gasteiger partial charge in [0.2, 0.25) is 5.91 Å². The number of anilines is 1. The van der Waals surface area contributed by atoms with Gasteiger partial charge in [0.15, 0.2) is 0 Å². The van der Waals surface area contributed by atoms with Crippen LogP contribution in [0, 0.1) is 35.0 Å². The summed E-state index contributed by atoms with van der Waals surface area (Å²) in [5, 5.41) is 20.1. The van der Waals surface area contributed by atoms with Crippen LogP contribution in [-0.2, 0) is 4.79 Å². The molecule has 0 aromatic heterocycles. The van der Waals surface area contributed by atoms with Crippen molar-refractivity contribution in [2.75, 3.05) is 5.32 Å². The third-order valence-electron chi connectivity index (χ3n) is 2.20. The number of nitriles is 2. The fourth-order valence-electron chi connectivity index (χ4n) is 1.27. The molecule has 1 unspecified atom stereocenters. The second-order valence-electron chi connectivity index (χ2n) is 3.49. The smallest absolute Gasteiger partial charge is 0.242 e. The predicted molar refractivity (Wildman–Crippen MR) is 65.9 cm³/mol. The highest BCUT2D eigenvalue weighted by molar-refractivity contribution is 5.95. The first-order valence-electron chi connectivity index (χ1n) is 5.06. The van der Waals surface area contributed by atoms with Gasteiger partial charge in [-0.25, -0.2) is 0 Å². The Bertz CT molecular complexity index is 586. The van der Waals surface area contributed by atoms with Gasteiger partial charge in [-0.2, -0.15) is 10.5 Å². The third-order valence-corrected chi connectivity index (χ3v) is 2.20. The normalized spacial score (nSPS) is 10.6. The van der Waals surface area contributed by atoms with Gasteiger partial charge in [0.25, 0.3) is 0 Å². The molecule has 0 fully saturated rings. The molecule has 3 N–H and O–H groups in total. The van der Waals surface area contributed by atoms with Crippen molar-refractivity contribution in [2.24, 2.45) is 5.73 Å². The number of carbonyl (C=O) groups is 1. The van der Waals surface area contributed by atoms with E-state index in [2.05, 4.69) is 11.2 Å². The van der Waals surface area contributed by atoms with E-state index in [4.69, 9.17) is 22.7 Å². The highest BCUT2D eigenvalue weighted by Crippen LogP contribution is 2.14. The molecule has 18 heavy (non-hydrogen) atoms. The van der Waals surface area contributed by atoms with E-state index < -0.39 is 11.9 Å². The van der Waals surface area contributed by atoms with Crippen molar-refractivity contribution in [3.8, 4) is 24.5 Å². The van der Waals surface area contributed by atoms with Crippen molar-refractivity contribution in [3.63, 3.8) is 0 Å². The van der Waals surface area contributed by atoms with Crippen LogP contribution < -0.4 is 11.1 Å². The summed E-state index contributed by atoms with van der Waals surface area (Å²) >= 11 is 0. The van der Waals surface area contributed by atoms with Crippen molar-refractivity contribution < 1.29 is 4.79 Å². The lowest BCUT2D eigenvalue weighted by molar-refractivity contribution is -0.117.